The Morgan fingerprint density at radius 2 is 2.06 bits per heavy atom. The van der Waals surface area contributed by atoms with Crippen molar-refractivity contribution >= 4 is 0 Å². The highest BCUT2D eigenvalue weighted by atomic mass is 16.3. The van der Waals surface area contributed by atoms with Gasteiger partial charge in [0.2, 0.25) is 0 Å². The van der Waals surface area contributed by atoms with E-state index in [2.05, 4.69) is 15.5 Å². The average molecular weight is 229 g/mol. The molecule has 0 amide bonds. The zero-order chi connectivity index (χ0) is 12.1. The van der Waals surface area contributed by atoms with E-state index in [1.54, 1.807) is 12.3 Å². The summed E-state index contributed by atoms with van der Waals surface area (Å²) < 4.78 is 0. The summed E-state index contributed by atoms with van der Waals surface area (Å²) in [5, 5.41) is 20.8. The summed E-state index contributed by atoms with van der Waals surface area (Å²) in [6.07, 6.45) is 1.65. The van der Waals surface area contributed by atoms with Crippen LogP contribution in [-0.4, -0.2) is 15.3 Å². The molecule has 88 valence electrons. The van der Waals surface area contributed by atoms with Crippen molar-refractivity contribution < 1.29 is 5.11 Å². The summed E-state index contributed by atoms with van der Waals surface area (Å²) in [5.74, 6) is 0.312. The molecule has 0 aliphatic heterocycles. The molecule has 4 nitrogen and oxygen atoms in total. The lowest BCUT2D eigenvalue weighted by Gasteiger charge is -2.14. The average Bonchev–Trinajstić information content (AvgIpc) is 2.38. The number of aromatic nitrogens is 2. The molecular weight excluding hydrogens is 214 g/mol. The summed E-state index contributed by atoms with van der Waals surface area (Å²) in [5.41, 5.74) is 1.77. The Morgan fingerprint density at radius 3 is 2.76 bits per heavy atom. The van der Waals surface area contributed by atoms with Crippen LogP contribution in [0.5, 0.6) is 5.75 Å². The maximum absolute atomic E-state index is 9.71. The summed E-state index contributed by atoms with van der Waals surface area (Å²) in [6, 6.07) is 11.2. The second kappa shape index (κ2) is 5.41. The maximum atomic E-state index is 9.71. The SMILES string of the molecule is CC(NCc1cccnn1)c1ccccc1O. The van der Waals surface area contributed by atoms with Gasteiger partial charge in [0, 0.05) is 24.3 Å². The van der Waals surface area contributed by atoms with Gasteiger partial charge in [0.05, 0.1) is 5.69 Å². The number of phenols is 1. The van der Waals surface area contributed by atoms with Gasteiger partial charge in [0.1, 0.15) is 5.75 Å². The largest absolute Gasteiger partial charge is 0.508 e. The van der Waals surface area contributed by atoms with E-state index in [9.17, 15) is 5.11 Å². The molecule has 1 heterocycles. The second-order valence-corrected chi connectivity index (χ2v) is 3.88. The minimum Gasteiger partial charge on any atom is -0.508 e. The maximum Gasteiger partial charge on any atom is 0.120 e. The van der Waals surface area contributed by atoms with E-state index >= 15 is 0 Å². The molecule has 2 rings (SSSR count). The molecule has 1 aromatic heterocycles. The molecule has 1 atom stereocenters. The van der Waals surface area contributed by atoms with Crippen LogP contribution in [0, 0.1) is 0 Å². The van der Waals surface area contributed by atoms with Crippen LogP contribution < -0.4 is 5.32 Å². The van der Waals surface area contributed by atoms with Gasteiger partial charge in [0.25, 0.3) is 0 Å². The van der Waals surface area contributed by atoms with Gasteiger partial charge in [-0.05, 0) is 25.1 Å². The third-order valence-corrected chi connectivity index (χ3v) is 2.62. The molecule has 2 aromatic rings. The molecule has 0 saturated heterocycles. The first-order valence-corrected chi connectivity index (χ1v) is 5.55. The minimum atomic E-state index is 0.0678. The third-order valence-electron chi connectivity index (χ3n) is 2.62. The van der Waals surface area contributed by atoms with Crippen molar-refractivity contribution in [1.82, 2.24) is 15.5 Å². The fraction of sp³-hybridized carbons (Fsp3) is 0.231. The Bertz CT molecular complexity index is 473. The number of nitrogens with zero attached hydrogens (tertiary/aromatic N) is 2. The van der Waals surface area contributed by atoms with Crippen molar-refractivity contribution in [3.05, 3.63) is 53.9 Å². The lowest BCUT2D eigenvalue weighted by Crippen LogP contribution is -2.19. The second-order valence-electron chi connectivity index (χ2n) is 3.88. The van der Waals surface area contributed by atoms with Crippen LogP contribution in [0.1, 0.15) is 24.2 Å². The predicted octanol–water partition coefficient (Wildman–Crippen LogP) is 2.03. The van der Waals surface area contributed by atoms with Gasteiger partial charge >= 0.3 is 0 Å². The van der Waals surface area contributed by atoms with Crippen molar-refractivity contribution in [3.8, 4) is 5.75 Å². The first kappa shape index (κ1) is 11.5. The van der Waals surface area contributed by atoms with Crippen molar-refractivity contribution in [1.29, 1.82) is 0 Å². The van der Waals surface area contributed by atoms with Crippen LogP contribution in [0.4, 0.5) is 0 Å². The van der Waals surface area contributed by atoms with Gasteiger partial charge in [-0.25, -0.2) is 0 Å². The molecule has 4 heteroatoms. The predicted molar refractivity (Wildman–Crippen MR) is 65.4 cm³/mol. The van der Waals surface area contributed by atoms with Gasteiger partial charge in [-0.1, -0.05) is 18.2 Å². The molecule has 2 N–H and O–H groups in total. The number of benzene rings is 1. The number of hydrogen-bond donors (Lipinski definition) is 2. The summed E-state index contributed by atoms with van der Waals surface area (Å²) in [4.78, 5) is 0. The van der Waals surface area contributed by atoms with Gasteiger partial charge in [-0.2, -0.15) is 10.2 Å². The molecular formula is C13H15N3O. The highest BCUT2D eigenvalue weighted by Gasteiger charge is 2.08. The van der Waals surface area contributed by atoms with Crippen LogP contribution in [0.2, 0.25) is 0 Å². The van der Waals surface area contributed by atoms with Gasteiger partial charge in [-0.3, -0.25) is 0 Å². The van der Waals surface area contributed by atoms with Gasteiger partial charge < -0.3 is 10.4 Å². The molecule has 0 fully saturated rings. The Hall–Kier alpha value is -1.94. The van der Waals surface area contributed by atoms with Crippen molar-refractivity contribution in [2.45, 2.75) is 19.5 Å². The van der Waals surface area contributed by atoms with Crippen LogP contribution in [0.25, 0.3) is 0 Å². The lowest BCUT2D eigenvalue weighted by atomic mass is 10.1. The molecule has 0 saturated carbocycles. The van der Waals surface area contributed by atoms with Gasteiger partial charge in [0.15, 0.2) is 0 Å². The lowest BCUT2D eigenvalue weighted by molar-refractivity contribution is 0.451. The zero-order valence-corrected chi connectivity index (χ0v) is 9.67. The molecule has 17 heavy (non-hydrogen) atoms. The van der Waals surface area contributed by atoms with Crippen molar-refractivity contribution in [2.75, 3.05) is 0 Å². The van der Waals surface area contributed by atoms with E-state index in [1.165, 1.54) is 0 Å². The summed E-state index contributed by atoms with van der Waals surface area (Å²) >= 11 is 0. The number of phenolic OH excluding ortho intramolecular Hbond substituents is 1. The molecule has 1 unspecified atom stereocenters. The first-order valence-electron chi connectivity index (χ1n) is 5.55. The Balaban J connectivity index is 1.99. The molecule has 0 radical (unpaired) electrons. The fourth-order valence-corrected chi connectivity index (χ4v) is 1.65. The van der Waals surface area contributed by atoms with Crippen LogP contribution in [0.3, 0.4) is 0 Å². The topological polar surface area (TPSA) is 58.0 Å². The number of rotatable bonds is 4. The molecule has 1 aromatic carbocycles. The molecule has 0 aliphatic carbocycles. The van der Waals surface area contributed by atoms with Crippen LogP contribution in [-0.2, 0) is 6.54 Å². The van der Waals surface area contributed by atoms with E-state index in [1.807, 2.05) is 37.3 Å². The minimum absolute atomic E-state index is 0.0678. The quantitative estimate of drug-likeness (QED) is 0.842. The molecule has 0 spiro atoms. The van der Waals surface area contributed by atoms with E-state index in [0.717, 1.165) is 11.3 Å². The third kappa shape index (κ3) is 3.01. The standard InChI is InChI=1S/C13H15N3O/c1-10(12-6-2-3-7-13(12)17)14-9-11-5-4-8-15-16-11/h2-8,10,14,17H,9H2,1H3. The zero-order valence-electron chi connectivity index (χ0n) is 9.67. The smallest absolute Gasteiger partial charge is 0.120 e. The number of para-hydroxylation sites is 1. The summed E-state index contributed by atoms with van der Waals surface area (Å²) in [7, 11) is 0. The molecule has 0 aliphatic rings. The fourth-order valence-electron chi connectivity index (χ4n) is 1.65. The monoisotopic (exact) mass is 229 g/mol. The Morgan fingerprint density at radius 1 is 1.24 bits per heavy atom. The highest BCUT2D eigenvalue weighted by Crippen LogP contribution is 2.23. The van der Waals surface area contributed by atoms with E-state index in [0.29, 0.717) is 12.3 Å². The van der Waals surface area contributed by atoms with Crippen LogP contribution in [0.15, 0.2) is 42.6 Å². The first-order chi connectivity index (χ1) is 8.27. The van der Waals surface area contributed by atoms with E-state index < -0.39 is 0 Å². The normalized spacial score (nSPS) is 12.3. The Kier molecular flexibility index (Phi) is 3.67. The summed E-state index contributed by atoms with van der Waals surface area (Å²) in [6.45, 7) is 2.63. The Labute approximate surface area is 100 Å². The molecule has 0 bridgehead atoms. The van der Waals surface area contributed by atoms with Crippen molar-refractivity contribution in [2.24, 2.45) is 0 Å². The highest BCUT2D eigenvalue weighted by molar-refractivity contribution is 5.34. The number of hydrogen-bond acceptors (Lipinski definition) is 4. The van der Waals surface area contributed by atoms with E-state index in [-0.39, 0.29) is 6.04 Å². The van der Waals surface area contributed by atoms with Crippen molar-refractivity contribution in [3.63, 3.8) is 0 Å². The van der Waals surface area contributed by atoms with Crippen LogP contribution >= 0.6 is 0 Å². The van der Waals surface area contributed by atoms with E-state index in [4.69, 9.17) is 0 Å². The number of aromatic hydroxyl groups is 1. The van der Waals surface area contributed by atoms with Gasteiger partial charge in [-0.15, -0.1) is 0 Å². The number of nitrogens with one attached hydrogen (secondary N) is 1.